The Balaban J connectivity index is 2.05. The van der Waals surface area contributed by atoms with Crippen molar-refractivity contribution in [1.82, 2.24) is 4.98 Å². The van der Waals surface area contributed by atoms with Gasteiger partial charge in [-0.1, -0.05) is 37.8 Å². The Morgan fingerprint density at radius 2 is 1.81 bits per heavy atom. The Bertz CT molecular complexity index is 625. The molecule has 0 saturated heterocycles. The maximum atomic E-state index is 13.8. The second kappa shape index (κ2) is 6.53. The molecule has 0 unspecified atom stereocenters. The van der Waals surface area contributed by atoms with Gasteiger partial charge in [-0.2, -0.15) is 4.39 Å². The number of pyridine rings is 1. The van der Waals surface area contributed by atoms with Crippen LogP contribution in [0, 0.1) is 12.9 Å². The van der Waals surface area contributed by atoms with Crippen LogP contribution in [-0.2, 0) is 4.74 Å². The molecule has 21 heavy (non-hydrogen) atoms. The number of hydrogen-bond donors (Lipinski definition) is 0. The highest BCUT2D eigenvalue weighted by molar-refractivity contribution is 6.76. The lowest BCUT2D eigenvalue weighted by atomic mass is 10.1. The zero-order chi connectivity index (χ0) is 15.5. The van der Waals surface area contributed by atoms with Gasteiger partial charge in [-0.15, -0.1) is 0 Å². The van der Waals surface area contributed by atoms with Crippen molar-refractivity contribution < 1.29 is 13.9 Å². The Labute approximate surface area is 126 Å². The van der Waals surface area contributed by atoms with E-state index in [-0.39, 0.29) is 6.79 Å². The van der Waals surface area contributed by atoms with Gasteiger partial charge < -0.3 is 9.47 Å². The molecule has 3 nitrogen and oxygen atoms in total. The summed E-state index contributed by atoms with van der Waals surface area (Å²) in [5.41, 5.74) is 0.542. The monoisotopic (exact) mass is 307 g/mol. The summed E-state index contributed by atoms with van der Waals surface area (Å²) >= 11 is 0. The number of fused-ring (bicyclic) bond motifs is 1. The third-order valence-electron chi connectivity index (χ3n) is 3.27. The predicted octanol–water partition coefficient (Wildman–Crippen LogP) is 4.37. The lowest BCUT2D eigenvalue weighted by molar-refractivity contribution is 0.0223. The van der Waals surface area contributed by atoms with Crippen LogP contribution >= 0.6 is 0 Å². The standard InChI is InChI=1S/C16H22FNO2Si/c1-12-15(20-11-19-9-10-21(2,3)4)13-7-5-6-8-14(13)16(17)18-12/h5-8H,9-11H2,1-4H3. The van der Waals surface area contributed by atoms with Crippen LogP contribution in [0.2, 0.25) is 25.7 Å². The molecule has 1 heterocycles. The predicted molar refractivity (Wildman–Crippen MR) is 86.0 cm³/mol. The molecule has 1 aromatic carbocycles. The average molecular weight is 307 g/mol. The number of halogens is 1. The van der Waals surface area contributed by atoms with Gasteiger partial charge in [-0.05, 0) is 19.0 Å². The van der Waals surface area contributed by atoms with Crippen molar-refractivity contribution in [2.75, 3.05) is 13.4 Å². The Morgan fingerprint density at radius 3 is 2.48 bits per heavy atom. The zero-order valence-corrected chi connectivity index (χ0v) is 14.1. The zero-order valence-electron chi connectivity index (χ0n) is 13.1. The quantitative estimate of drug-likeness (QED) is 0.343. The number of aryl methyl sites for hydroxylation is 1. The first kappa shape index (κ1) is 15.9. The van der Waals surface area contributed by atoms with Crippen molar-refractivity contribution in [3.63, 3.8) is 0 Å². The highest BCUT2D eigenvalue weighted by atomic mass is 28.3. The van der Waals surface area contributed by atoms with Crippen molar-refractivity contribution in [3.05, 3.63) is 35.9 Å². The molecule has 2 aromatic rings. The Morgan fingerprint density at radius 1 is 1.14 bits per heavy atom. The SMILES string of the molecule is Cc1nc(F)c2ccccc2c1OCOCC[Si](C)(C)C. The molecule has 0 aliphatic rings. The summed E-state index contributed by atoms with van der Waals surface area (Å²) in [6, 6.07) is 8.29. The number of aromatic nitrogens is 1. The first-order chi connectivity index (χ1) is 9.88. The van der Waals surface area contributed by atoms with Crippen LogP contribution < -0.4 is 4.74 Å². The fraction of sp³-hybridized carbons (Fsp3) is 0.438. The van der Waals surface area contributed by atoms with Crippen LogP contribution in [0.4, 0.5) is 4.39 Å². The van der Waals surface area contributed by atoms with E-state index >= 15 is 0 Å². The van der Waals surface area contributed by atoms with Crippen LogP contribution in [0.15, 0.2) is 24.3 Å². The molecule has 0 aliphatic carbocycles. The van der Waals surface area contributed by atoms with Crippen LogP contribution in [-0.4, -0.2) is 26.5 Å². The van der Waals surface area contributed by atoms with Crippen LogP contribution in [0.1, 0.15) is 5.69 Å². The topological polar surface area (TPSA) is 31.4 Å². The van der Waals surface area contributed by atoms with E-state index in [0.717, 1.165) is 11.4 Å². The van der Waals surface area contributed by atoms with Crippen molar-refractivity contribution >= 4 is 18.8 Å². The first-order valence-electron chi connectivity index (χ1n) is 7.14. The summed E-state index contributed by atoms with van der Waals surface area (Å²) in [7, 11) is -1.09. The molecular formula is C16H22FNO2Si. The summed E-state index contributed by atoms with van der Waals surface area (Å²) in [5, 5.41) is 1.21. The third kappa shape index (κ3) is 4.25. The van der Waals surface area contributed by atoms with E-state index in [2.05, 4.69) is 24.6 Å². The molecule has 5 heteroatoms. The maximum Gasteiger partial charge on any atom is 0.221 e. The average Bonchev–Trinajstić information content (AvgIpc) is 2.40. The van der Waals surface area contributed by atoms with Crippen LogP contribution in [0.25, 0.3) is 10.8 Å². The normalized spacial score (nSPS) is 11.9. The van der Waals surface area contributed by atoms with Gasteiger partial charge in [-0.3, -0.25) is 0 Å². The minimum Gasteiger partial charge on any atom is -0.465 e. The third-order valence-corrected chi connectivity index (χ3v) is 4.98. The molecular weight excluding hydrogens is 285 g/mol. The summed E-state index contributed by atoms with van der Waals surface area (Å²) in [5.74, 6) is 0.134. The number of benzene rings is 1. The largest absolute Gasteiger partial charge is 0.465 e. The highest BCUT2D eigenvalue weighted by Gasteiger charge is 2.14. The highest BCUT2D eigenvalue weighted by Crippen LogP contribution is 2.29. The molecule has 0 spiro atoms. The molecule has 0 aliphatic heterocycles. The van der Waals surface area contributed by atoms with Crippen molar-refractivity contribution in [3.8, 4) is 5.75 Å². The maximum absolute atomic E-state index is 13.8. The minimum atomic E-state index is -1.09. The molecule has 0 bridgehead atoms. The van der Waals surface area contributed by atoms with E-state index in [1.807, 2.05) is 12.1 Å². The fourth-order valence-electron chi connectivity index (χ4n) is 2.03. The summed E-state index contributed by atoms with van der Waals surface area (Å²) in [4.78, 5) is 3.90. The van der Waals surface area contributed by atoms with Gasteiger partial charge in [0.05, 0.1) is 5.69 Å². The smallest absolute Gasteiger partial charge is 0.221 e. The van der Waals surface area contributed by atoms with Gasteiger partial charge in [-0.25, -0.2) is 4.98 Å². The van der Waals surface area contributed by atoms with E-state index in [1.54, 1.807) is 19.1 Å². The van der Waals surface area contributed by atoms with Crippen molar-refractivity contribution in [1.29, 1.82) is 0 Å². The molecule has 0 amide bonds. The van der Waals surface area contributed by atoms with Crippen molar-refractivity contribution in [2.24, 2.45) is 0 Å². The molecule has 0 radical (unpaired) electrons. The molecule has 0 atom stereocenters. The van der Waals surface area contributed by atoms with Gasteiger partial charge >= 0.3 is 0 Å². The lowest BCUT2D eigenvalue weighted by Gasteiger charge is -2.16. The molecule has 0 N–H and O–H groups in total. The molecule has 2 rings (SSSR count). The second-order valence-corrected chi connectivity index (χ2v) is 12.0. The summed E-state index contributed by atoms with van der Waals surface area (Å²) in [6.45, 7) is 9.52. The van der Waals surface area contributed by atoms with E-state index in [1.165, 1.54) is 0 Å². The van der Waals surface area contributed by atoms with Gasteiger partial charge in [0.15, 0.2) is 12.5 Å². The number of nitrogens with zero attached hydrogens (tertiary/aromatic N) is 1. The molecule has 0 saturated carbocycles. The van der Waals surface area contributed by atoms with Gasteiger partial charge in [0, 0.05) is 25.5 Å². The molecule has 0 fully saturated rings. The minimum absolute atomic E-state index is 0.169. The van der Waals surface area contributed by atoms with E-state index in [4.69, 9.17) is 9.47 Å². The van der Waals surface area contributed by atoms with Gasteiger partial charge in [0.25, 0.3) is 0 Å². The number of ether oxygens (including phenoxy) is 2. The summed E-state index contributed by atoms with van der Waals surface area (Å²) < 4.78 is 25.0. The van der Waals surface area contributed by atoms with E-state index in [9.17, 15) is 4.39 Å². The summed E-state index contributed by atoms with van der Waals surface area (Å²) in [6.07, 6.45) is 0. The fourth-order valence-corrected chi connectivity index (χ4v) is 2.79. The Kier molecular flexibility index (Phi) is 4.95. The Hall–Kier alpha value is -1.46. The van der Waals surface area contributed by atoms with Gasteiger partial charge in [0.1, 0.15) is 0 Å². The van der Waals surface area contributed by atoms with Crippen LogP contribution in [0.5, 0.6) is 5.75 Å². The van der Waals surface area contributed by atoms with Gasteiger partial charge in [0.2, 0.25) is 5.95 Å². The van der Waals surface area contributed by atoms with Crippen molar-refractivity contribution in [2.45, 2.75) is 32.6 Å². The molecule has 114 valence electrons. The number of hydrogen-bond acceptors (Lipinski definition) is 3. The van der Waals surface area contributed by atoms with E-state index < -0.39 is 14.0 Å². The second-order valence-electron chi connectivity index (χ2n) is 6.34. The van der Waals surface area contributed by atoms with E-state index in [0.29, 0.717) is 23.4 Å². The number of rotatable bonds is 6. The first-order valence-corrected chi connectivity index (χ1v) is 10.8. The lowest BCUT2D eigenvalue weighted by Crippen LogP contribution is -2.22. The van der Waals surface area contributed by atoms with Crippen LogP contribution in [0.3, 0.4) is 0 Å². The molecule has 1 aromatic heterocycles.